The third-order valence-electron chi connectivity index (χ3n) is 6.26. The van der Waals surface area contributed by atoms with Crippen LogP contribution in [0, 0.1) is 18.8 Å². The summed E-state index contributed by atoms with van der Waals surface area (Å²) in [6.45, 7) is 2.32. The van der Waals surface area contributed by atoms with Gasteiger partial charge in [-0.15, -0.1) is 0 Å². The number of aromatic nitrogens is 6. The summed E-state index contributed by atoms with van der Waals surface area (Å²) in [4.78, 5) is 25.6. The molecule has 0 saturated heterocycles. The number of allylic oxidation sites excluding steroid dienone is 2. The molecule has 30 heavy (non-hydrogen) atoms. The smallest absolute Gasteiger partial charge is 0.280 e. The first-order valence-corrected chi connectivity index (χ1v) is 10.0. The molecule has 8 nitrogen and oxygen atoms in total. The third-order valence-corrected chi connectivity index (χ3v) is 6.26. The average Bonchev–Trinajstić information content (AvgIpc) is 3.16. The van der Waals surface area contributed by atoms with Crippen LogP contribution in [0.2, 0.25) is 0 Å². The van der Waals surface area contributed by atoms with Gasteiger partial charge in [-0.3, -0.25) is 9.36 Å². The van der Waals surface area contributed by atoms with Crippen LogP contribution in [-0.2, 0) is 13.6 Å². The van der Waals surface area contributed by atoms with Gasteiger partial charge in [-0.05, 0) is 36.3 Å². The fourth-order valence-electron chi connectivity index (χ4n) is 4.67. The minimum Gasteiger partial charge on any atom is -0.337 e. The molecule has 0 spiro atoms. The van der Waals surface area contributed by atoms with Gasteiger partial charge in [0.25, 0.3) is 5.56 Å². The second-order valence-corrected chi connectivity index (χ2v) is 8.28. The predicted octanol–water partition coefficient (Wildman–Crippen LogP) is 2.69. The van der Waals surface area contributed by atoms with Crippen molar-refractivity contribution in [1.29, 1.82) is 0 Å². The summed E-state index contributed by atoms with van der Waals surface area (Å²) < 4.78 is 8.60. The van der Waals surface area contributed by atoms with Crippen molar-refractivity contribution in [1.82, 2.24) is 29.2 Å². The van der Waals surface area contributed by atoms with Gasteiger partial charge in [0.05, 0.1) is 6.33 Å². The van der Waals surface area contributed by atoms with Crippen molar-refractivity contribution in [2.75, 3.05) is 0 Å². The normalized spacial score (nSPS) is 22.3. The van der Waals surface area contributed by atoms with Crippen LogP contribution in [0.15, 0.2) is 52.3 Å². The van der Waals surface area contributed by atoms with Gasteiger partial charge in [-0.25, -0.2) is 9.97 Å². The molecule has 0 N–H and O–H groups in total. The van der Waals surface area contributed by atoms with Crippen LogP contribution in [0.5, 0.6) is 0 Å². The van der Waals surface area contributed by atoms with Crippen LogP contribution in [-0.4, -0.2) is 29.2 Å². The zero-order valence-electron chi connectivity index (χ0n) is 16.7. The zero-order chi connectivity index (χ0) is 20.4. The van der Waals surface area contributed by atoms with E-state index in [1.807, 2.05) is 0 Å². The summed E-state index contributed by atoms with van der Waals surface area (Å²) in [5, 5.41) is 4.20. The molecule has 0 aliphatic heterocycles. The molecule has 8 heteroatoms. The topological polar surface area (TPSA) is 91.6 Å². The Balaban J connectivity index is 1.21. The van der Waals surface area contributed by atoms with Gasteiger partial charge in [0.2, 0.25) is 5.89 Å². The van der Waals surface area contributed by atoms with Crippen molar-refractivity contribution in [2.45, 2.75) is 25.8 Å². The Hall–Kier alpha value is -3.55. The first-order valence-electron chi connectivity index (χ1n) is 10.0. The van der Waals surface area contributed by atoms with Crippen LogP contribution in [0.4, 0.5) is 0 Å². The van der Waals surface area contributed by atoms with E-state index < -0.39 is 0 Å². The minimum absolute atomic E-state index is 0.172. The largest absolute Gasteiger partial charge is 0.337 e. The van der Waals surface area contributed by atoms with E-state index in [0.717, 1.165) is 12.2 Å². The van der Waals surface area contributed by atoms with Crippen LogP contribution >= 0.6 is 0 Å². The van der Waals surface area contributed by atoms with Crippen molar-refractivity contribution in [3.05, 3.63) is 76.2 Å². The van der Waals surface area contributed by atoms with E-state index >= 15 is 0 Å². The number of imidazole rings is 1. The first-order chi connectivity index (χ1) is 14.6. The number of rotatable bonds is 4. The van der Waals surface area contributed by atoms with E-state index in [1.54, 1.807) is 17.9 Å². The highest BCUT2D eigenvalue weighted by molar-refractivity contribution is 5.71. The number of fused-ring (bicyclic) bond motifs is 2. The first kappa shape index (κ1) is 17.3. The maximum Gasteiger partial charge on any atom is 0.280 e. The highest BCUT2D eigenvalue weighted by Gasteiger charge is 2.55. The van der Waals surface area contributed by atoms with Crippen molar-refractivity contribution >= 4 is 16.7 Å². The van der Waals surface area contributed by atoms with Gasteiger partial charge < -0.3 is 9.09 Å². The fraction of sp³-hybridized carbons (Fsp3) is 0.318. The Bertz CT molecular complexity index is 1380. The lowest BCUT2D eigenvalue weighted by Crippen LogP contribution is -2.22. The molecule has 2 aliphatic rings. The van der Waals surface area contributed by atoms with E-state index in [1.165, 1.54) is 27.6 Å². The second-order valence-electron chi connectivity index (χ2n) is 8.28. The van der Waals surface area contributed by atoms with Crippen molar-refractivity contribution in [3.63, 3.8) is 0 Å². The quantitative estimate of drug-likeness (QED) is 0.523. The molecular formula is C22H20N6O2. The maximum atomic E-state index is 12.7. The van der Waals surface area contributed by atoms with Gasteiger partial charge in [0, 0.05) is 13.0 Å². The van der Waals surface area contributed by atoms with Gasteiger partial charge in [-0.2, -0.15) is 4.98 Å². The van der Waals surface area contributed by atoms with Crippen molar-refractivity contribution in [2.24, 2.45) is 18.9 Å². The van der Waals surface area contributed by atoms with Crippen LogP contribution in [0.3, 0.4) is 0 Å². The Labute approximate surface area is 171 Å². The summed E-state index contributed by atoms with van der Waals surface area (Å²) in [6.07, 6.45) is 6.47. The van der Waals surface area contributed by atoms with Gasteiger partial charge in [-0.1, -0.05) is 41.1 Å². The Morgan fingerprint density at radius 1 is 1.23 bits per heavy atom. The summed E-state index contributed by atoms with van der Waals surface area (Å²) in [5.74, 6) is 2.48. The molecule has 0 radical (unpaired) electrons. The second kappa shape index (κ2) is 6.22. The van der Waals surface area contributed by atoms with Crippen LogP contribution in [0.1, 0.15) is 35.2 Å². The van der Waals surface area contributed by atoms with E-state index in [-0.39, 0.29) is 12.1 Å². The molecule has 1 fully saturated rings. The molecule has 3 unspecified atom stereocenters. The molecule has 3 atom stereocenters. The third kappa shape index (κ3) is 2.63. The van der Waals surface area contributed by atoms with Gasteiger partial charge >= 0.3 is 0 Å². The maximum absolute atomic E-state index is 12.7. The lowest BCUT2D eigenvalue weighted by atomic mass is 9.99. The summed E-state index contributed by atoms with van der Waals surface area (Å²) in [6, 6.07) is 8.65. The van der Waals surface area contributed by atoms with Gasteiger partial charge in [0.1, 0.15) is 12.9 Å². The SMILES string of the molecule is Cc1cccc(C2=CC3C(C2)C3c2noc(Cn3cnc4ncn(C)c4c3=O)n2)c1. The lowest BCUT2D eigenvalue weighted by Gasteiger charge is -2.06. The average molecular weight is 400 g/mol. The molecule has 0 amide bonds. The molecule has 1 aromatic carbocycles. The number of aryl methyl sites for hydroxylation is 2. The molecule has 6 rings (SSSR count). The molecule has 150 valence electrons. The molecule has 3 heterocycles. The van der Waals surface area contributed by atoms with Crippen molar-refractivity contribution < 1.29 is 4.52 Å². The fourth-order valence-corrected chi connectivity index (χ4v) is 4.67. The molecule has 0 bridgehead atoms. The molecule has 3 aromatic heterocycles. The summed E-state index contributed by atoms with van der Waals surface area (Å²) in [5.41, 5.74) is 4.73. The number of hydrogen-bond donors (Lipinski definition) is 0. The van der Waals surface area contributed by atoms with Crippen molar-refractivity contribution in [3.8, 4) is 0 Å². The van der Waals surface area contributed by atoms with Crippen LogP contribution in [0.25, 0.3) is 16.7 Å². The summed E-state index contributed by atoms with van der Waals surface area (Å²) in [7, 11) is 1.78. The Morgan fingerprint density at radius 2 is 2.10 bits per heavy atom. The highest BCUT2D eigenvalue weighted by atomic mass is 16.5. The van der Waals surface area contributed by atoms with E-state index in [0.29, 0.717) is 34.8 Å². The standard InChI is InChI=1S/C22H20N6O2/c1-12-4-3-5-13(6-12)14-7-15-16(8-14)18(15)20-25-17(30-26-20)9-28-11-24-21-19(22(28)29)27(2)10-23-21/h3-7,10-11,15-16,18H,8-9H2,1-2H3. The lowest BCUT2D eigenvalue weighted by molar-refractivity contribution is 0.364. The van der Waals surface area contributed by atoms with Crippen LogP contribution < -0.4 is 5.56 Å². The Kier molecular flexibility index (Phi) is 3.59. The monoisotopic (exact) mass is 400 g/mol. The van der Waals surface area contributed by atoms with Gasteiger partial charge in [0.15, 0.2) is 17.0 Å². The molecular weight excluding hydrogens is 380 g/mol. The predicted molar refractivity (Wildman–Crippen MR) is 110 cm³/mol. The van der Waals surface area contributed by atoms with E-state index in [4.69, 9.17) is 4.52 Å². The minimum atomic E-state index is -0.172. The van der Waals surface area contributed by atoms with E-state index in [9.17, 15) is 4.79 Å². The summed E-state index contributed by atoms with van der Waals surface area (Å²) >= 11 is 0. The number of nitrogens with zero attached hydrogens (tertiary/aromatic N) is 6. The molecule has 4 aromatic rings. The number of hydrogen-bond acceptors (Lipinski definition) is 6. The van der Waals surface area contributed by atoms with E-state index in [2.05, 4.69) is 57.4 Å². The highest BCUT2D eigenvalue weighted by Crippen LogP contribution is 2.62. The molecule has 1 saturated carbocycles. The molecule has 2 aliphatic carbocycles. The number of benzene rings is 1. The Morgan fingerprint density at radius 3 is 2.90 bits per heavy atom. The zero-order valence-corrected chi connectivity index (χ0v) is 16.7.